The summed E-state index contributed by atoms with van der Waals surface area (Å²) in [6.45, 7) is 0. The van der Waals surface area contributed by atoms with E-state index < -0.39 is 18.0 Å². The summed E-state index contributed by atoms with van der Waals surface area (Å²) in [7, 11) is 0. The highest BCUT2D eigenvalue weighted by Gasteiger charge is 2.31. The van der Waals surface area contributed by atoms with Crippen molar-refractivity contribution in [3.63, 3.8) is 0 Å². The molecule has 1 aromatic rings. The molecule has 0 saturated carbocycles. The number of carbonyl (C=O) groups excluding carboxylic acids is 1. The molecule has 1 amide bonds. The summed E-state index contributed by atoms with van der Waals surface area (Å²) in [5, 5.41) is 0. The molecule has 81 valence electrons. The van der Waals surface area contributed by atoms with Gasteiger partial charge >= 0.3 is 6.36 Å². The second kappa shape index (κ2) is 4.20. The smallest absolute Gasteiger partial charge is 0.406 e. The van der Waals surface area contributed by atoms with E-state index in [-0.39, 0.29) is 5.56 Å². The van der Waals surface area contributed by atoms with Gasteiger partial charge in [-0.25, -0.2) is 0 Å². The van der Waals surface area contributed by atoms with E-state index in [2.05, 4.69) is 4.74 Å². The molecule has 0 bridgehead atoms. The van der Waals surface area contributed by atoms with Crippen molar-refractivity contribution in [2.24, 2.45) is 5.73 Å². The molecule has 0 aliphatic heterocycles. The van der Waals surface area contributed by atoms with Crippen LogP contribution in [-0.4, -0.2) is 12.3 Å². The standard InChI is InChI=1S/C9H7F3NO2/c10-9(11,12)15-7-3-1-2-6(4-7)5-8(13)14/h1-5H,(H2,13,14). The van der Waals surface area contributed by atoms with Gasteiger partial charge in [-0.05, 0) is 17.7 Å². The van der Waals surface area contributed by atoms with Crippen LogP contribution in [-0.2, 0) is 4.79 Å². The molecule has 1 aromatic carbocycles. The molecule has 0 atom stereocenters. The van der Waals surface area contributed by atoms with E-state index in [1.807, 2.05) is 0 Å². The largest absolute Gasteiger partial charge is 0.573 e. The number of hydrogen-bond acceptors (Lipinski definition) is 2. The van der Waals surface area contributed by atoms with Gasteiger partial charge in [-0.15, -0.1) is 13.2 Å². The fourth-order valence-corrected chi connectivity index (χ4v) is 0.966. The SMILES string of the molecule is NC(=O)[CH]c1cccc(OC(F)(F)F)c1. The summed E-state index contributed by atoms with van der Waals surface area (Å²) >= 11 is 0. The number of benzene rings is 1. The zero-order chi connectivity index (χ0) is 11.5. The summed E-state index contributed by atoms with van der Waals surface area (Å²) in [6, 6.07) is 4.97. The minimum absolute atomic E-state index is 0.254. The lowest BCUT2D eigenvalue weighted by atomic mass is 10.1. The molecule has 0 aromatic heterocycles. The lowest BCUT2D eigenvalue weighted by Crippen LogP contribution is -2.17. The third-order valence-electron chi connectivity index (χ3n) is 1.40. The molecule has 15 heavy (non-hydrogen) atoms. The van der Waals surface area contributed by atoms with Crippen molar-refractivity contribution in [3.8, 4) is 5.75 Å². The third kappa shape index (κ3) is 4.35. The predicted octanol–water partition coefficient (Wildman–Crippen LogP) is 1.62. The summed E-state index contributed by atoms with van der Waals surface area (Å²) in [5.41, 5.74) is 5.10. The molecular weight excluding hydrogens is 211 g/mol. The molecule has 0 saturated heterocycles. The molecular formula is C9H7F3NO2. The summed E-state index contributed by atoms with van der Waals surface area (Å²) in [4.78, 5) is 10.5. The van der Waals surface area contributed by atoms with E-state index >= 15 is 0 Å². The van der Waals surface area contributed by atoms with Gasteiger partial charge in [0.1, 0.15) is 5.75 Å². The number of rotatable bonds is 3. The quantitative estimate of drug-likeness (QED) is 0.838. The minimum Gasteiger partial charge on any atom is -0.406 e. The van der Waals surface area contributed by atoms with Gasteiger partial charge in [0.15, 0.2) is 0 Å². The van der Waals surface area contributed by atoms with Crippen molar-refractivity contribution in [2.45, 2.75) is 6.36 Å². The second-order valence-electron chi connectivity index (χ2n) is 2.67. The molecule has 0 aliphatic rings. The Kier molecular flexibility index (Phi) is 3.18. The van der Waals surface area contributed by atoms with Gasteiger partial charge in [0.2, 0.25) is 5.91 Å². The Morgan fingerprint density at radius 1 is 1.40 bits per heavy atom. The Morgan fingerprint density at radius 2 is 2.07 bits per heavy atom. The normalized spacial score (nSPS) is 11.1. The Morgan fingerprint density at radius 3 is 2.60 bits per heavy atom. The van der Waals surface area contributed by atoms with Gasteiger partial charge in [-0.1, -0.05) is 12.1 Å². The van der Waals surface area contributed by atoms with E-state index in [0.29, 0.717) is 0 Å². The average Bonchev–Trinajstić information content (AvgIpc) is 1.99. The molecule has 0 aliphatic carbocycles. The zero-order valence-electron chi connectivity index (χ0n) is 7.41. The van der Waals surface area contributed by atoms with Crippen LogP contribution in [0.1, 0.15) is 5.56 Å². The van der Waals surface area contributed by atoms with Crippen molar-refractivity contribution in [1.29, 1.82) is 0 Å². The number of primary amides is 1. The first-order chi connectivity index (χ1) is 6.87. The van der Waals surface area contributed by atoms with Gasteiger partial charge in [-0.2, -0.15) is 0 Å². The second-order valence-corrected chi connectivity index (χ2v) is 2.67. The Hall–Kier alpha value is -1.72. The lowest BCUT2D eigenvalue weighted by Gasteiger charge is -2.09. The molecule has 1 rings (SSSR count). The summed E-state index contributed by atoms with van der Waals surface area (Å²) in [6.07, 6.45) is -3.74. The fourth-order valence-electron chi connectivity index (χ4n) is 0.966. The molecule has 6 heteroatoms. The predicted molar refractivity (Wildman–Crippen MR) is 45.7 cm³/mol. The van der Waals surface area contributed by atoms with Gasteiger partial charge in [-0.3, -0.25) is 4.79 Å². The van der Waals surface area contributed by atoms with Crippen LogP contribution in [0.15, 0.2) is 24.3 Å². The molecule has 2 N–H and O–H groups in total. The molecule has 0 unspecified atom stereocenters. The van der Waals surface area contributed by atoms with Crippen LogP contribution < -0.4 is 10.5 Å². The van der Waals surface area contributed by atoms with Crippen LogP contribution in [0.4, 0.5) is 13.2 Å². The molecule has 1 radical (unpaired) electrons. The topological polar surface area (TPSA) is 52.3 Å². The maximum Gasteiger partial charge on any atom is 0.573 e. The van der Waals surface area contributed by atoms with Crippen LogP contribution in [0.5, 0.6) is 5.75 Å². The number of carbonyl (C=O) groups is 1. The Balaban J connectivity index is 2.79. The zero-order valence-corrected chi connectivity index (χ0v) is 7.41. The van der Waals surface area contributed by atoms with Gasteiger partial charge in [0, 0.05) is 0 Å². The van der Waals surface area contributed by atoms with E-state index in [1.165, 1.54) is 12.1 Å². The Labute approximate surface area is 83.6 Å². The molecule has 3 nitrogen and oxygen atoms in total. The van der Waals surface area contributed by atoms with Gasteiger partial charge in [0.25, 0.3) is 0 Å². The van der Waals surface area contributed by atoms with Crippen molar-refractivity contribution in [1.82, 2.24) is 0 Å². The first-order valence-corrected chi connectivity index (χ1v) is 3.87. The summed E-state index contributed by atoms with van der Waals surface area (Å²) in [5.74, 6) is -1.13. The molecule has 0 heterocycles. The number of ether oxygens (including phenoxy) is 1. The maximum atomic E-state index is 11.8. The highest BCUT2D eigenvalue weighted by atomic mass is 19.4. The maximum absolute atomic E-state index is 11.8. The van der Waals surface area contributed by atoms with Crippen LogP contribution in [0, 0.1) is 6.42 Å². The number of nitrogens with two attached hydrogens (primary N) is 1. The minimum atomic E-state index is -4.74. The highest BCUT2D eigenvalue weighted by molar-refractivity contribution is 5.86. The highest BCUT2D eigenvalue weighted by Crippen LogP contribution is 2.23. The first-order valence-electron chi connectivity index (χ1n) is 3.87. The van der Waals surface area contributed by atoms with E-state index in [9.17, 15) is 18.0 Å². The van der Waals surface area contributed by atoms with Crippen LogP contribution in [0.3, 0.4) is 0 Å². The van der Waals surface area contributed by atoms with Crippen LogP contribution >= 0.6 is 0 Å². The Bertz CT molecular complexity index is 363. The van der Waals surface area contributed by atoms with Crippen LogP contribution in [0.25, 0.3) is 0 Å². The number of amides is 1. The van der Waals surface area contributed by atoms with E-state index in [0.717, 1.165) is 18.6 Å². The first kappa shape index (κ1) is 11.4. The lowest BCUT2D eigenvalue weighted by molar-refractivity contribution is -0.274. The fraction of sp³-hybridized carbons (Fsp3) is 0.111. The van der Waals surface area contributed by atoms with Crippen molar-refractivity contribution in [2.75, 3.05) is 0 Å². The third-order valence-corrected chi connectivity index (χ3v) is 1.40. The van der Waals surface area contributed by atoms with Crippen molar-refractivity contribution < 1.29 is 22.7 Å². The van der Waals surface area contributed by atoms with Crippen LogP contribution in [0.2, 0.25) is 0 Å². The number of hydrogen-bond donors (Lipinski definition) is 1. The van der Waals surface area contributed by atoms with Gasteiger partial charge in [0.05, 0.1) is 6.42 Å². The van der Waals surface area contributed by atoms with Crippen molar-refractivity contribution in [3.05, 3.63) is 36.2 Å². The van der Waals surface area contributed by atoms with Gasteiger partial charge < -0.3 is 10.5 Å². The average molecular weight is 218 g/mol. The number of halogens is 3. The van der Waals surface area contributed by atoms with Crippen molar-refractivity contribution >= 4 is 5.91 Å². The molecule has 0 fully saturated rings. The van der Waals surface area contributed by atoms with E-state index in [4.69, 9.17) is 5.73 Å². The monoisotopic (exact) mass is 218 g/mol. The van der Waals surface area contributed by atoms with E-state index in [1.54, 1.807) is 0 Å². The molecule has 0 spiro atoms. The summed E-state index contributed by atoms with van der Waals surface area (Å²) < 4.78 is 39.1. The number of alkyl halides is 3.